The predicted octanol–water partition coefficient (Wildman–Crippen LogP) is 1.51. The van der Waals surface area contributed by atoms with E-state index >= 15 is 0 Å². The maximum atomic E-state index is 11.7. The third-order valence-corrected chi connectivity index (χ3v) is 3.36. The Morgan fingerprint density at radius 1 is 1.22 bits per heavy atom. The van der Waals surface area contributed by atoms with E-state index in [0.29, 0.717) is 19.4 Å². The second kappa shape index (κ2) is 6.73. The Bertz CT molecular complexity index is 299. The second-order valence-electron chi connectivity index (χ2n) is 5.83. The molecule has 0 aromatic carbocycles. The summed E-state index contributed by atoms with van der Waals surface area (Å²) in [7, 11) is 0. The molecule has 0 fully saturated rings. The third kappa shape index (κ3) is 6.59. The smallest absolute Gasteiger partial charge is 0.303 e. The van der Waals surface area contributed by atoms with E-state index in [4.69, 9.17) is 10.8 Å². The van der Waals surface area contributed by atoms with Crippen LogP contribution in [0.15, 0.2) is 0 Å². The number of carbonyl (C=O) groups excluding carboxylic acids is 1. The normalized spacial score (nSPS) is 14.9. The van der Waals surface area contributed by atoms with Gasteiger partial charge in [-0.2, -0.15) is 0 Å². The van der Waals surface area contributed by atoms with Gasteiger partial charge in [-0.1, -0.05) is 20.8 Å². The van der Waals surface area contributed by atoms with E-state index in [-0.39, 0.29) is 17.7 Å². The summed E-state index contributed by atoms with van der Waals surface area (Å²) < 4.78 is 0. The summed E-state index contributed by atoms with van der Waals surface area (Å²) in [5.41, 5.74) is 4.90. The molecule has 0 aliphatic carbocycles. The molecule has 106 valence electrons. The van der Waals surface area contributed by atoms with Crippen molar-refractivity contribution in [3.8, 4) is 0 Å². The Morgan fingerprint density at radius 3 is 2.22 bits per heavy atom. The van der Waals surface area contributed by atoms with Gasteiger partial charge in [0, 0.05) is 13.0 Å². The van der Waals surface area contributed by atoms with Gasteiger partial charge in [0.05, 0.1) is 5.54 Å². The highest BCUT2D eigenvalue weighted by Crippen LogP contribution is 2.26. The van der Waals surface area contributed by atoms with Gasteiger partial charge < -0.3 is 16.2 Å². The molecule has 1 unspecified atom stereocenters. The summed E-state index contributed by atoms with van der Waals surface area (Å²) in [5.74, 6) is -0.938. The van der Waals surface area contributed by atoms with Crippen LogP contribution in [0.2, 0.25) is 0 Å². The number of carbonyl (C=O) groups is 2. The molecule has 4 N–H and O–H groups in total. The van der Waals surface area contributed by atoms with Crippen LogP contribution in [0, 0.1) is 5.41 Å². The molecule has 0 bridgehead atoms. The zero-order valence-electron chi connectivity index (χ0n) is 11.9. The van der Waals surface area contributed by atoms with E-state index in [1.165, 1.54) is 0 Å². The summed E-state index contributed by atoms with van der Waals surface area (Å²) in [5, 5.41) is 11.4. The largest absolute Gasteiger partial charge is 0.481 e. The highest BCUT2D eigenvalue weighted by molar-refractivity contribution is 5.85. The van der Waals surface area contributed by atoms with Crippen LogP contribution in [0.1, 0.15) is 53.4 Å². The van der Waals surface area contributed by atoms with E-state index in [1.54, 1.807) is 6.92 Å². The Kier molecular flexibility index (Phi) is 6.32. The SMILES string of the molecule is CCC(C)(N)C(=O)NCCC(C)(C)CCC(=O)O. The molecule has 0 radical (unpaired) electrons. The lowest BCUT2D eigenvalue weighted by atomic mass is 9.84. The average Bonchev–Trinajstić information content (AvgIpc) is 2.26. The first-order valence-corrected chi connectivity index (χ1v) is 6.40. The van der Waals surface area contributed by atoms with Crippen molar-refractivity contribution in [3.63, 3.8) is 0 Å². The zero-order valence-corrected chi connectivity index (χ0v) is 11.9. The fourth-order valence-corrected chi connectivity index (χ4v) is 1.45. The molecule has 0 aromatic rings. The number of nitrogens with one attached hydrogen (secondary N) is 1. The molecule has 0 aliphatic rings. The molecule has 0 heterocycles. The number of carboxylic acids is 1. The molecule has 5 heteroatoms. The molecule has 0 rings (SSSR count). The summed E-state index contributed by atoms with van der Waals surface area (Å²) in [6, 6.07) is 0. The fourth-order valence-electron chi connectivity index (χ4n) is 1.45. The number of carboxylic acid groups (broad SMARTS) is 1. The first-order chi connectivity index (χ1) is 8.10. The Balaban J connectivity index is 4.03. The minimum absolute atomic E-state index is 0.0944. The number of aliphatic carboxylic acids is 1. The van der Waals surface area contributed by atoms with Crippen molar-refractivity contribution >= 4 is 11.9 Å². The number of amides is 1. The van der Waals surface area contributed by atoms with Gasteiger partial charge in [0.15, 0.2) is 0 Å². The summed E-state index contributed by atoms with van der Waals surface area (Å²) in [6.07, 6.45) is 2.09. The fraction of sp³-hybridized carbons (Fsp3) is 0.846. The molecule has 1 amide bonds. The van der Waals surface area contributed by atoms with Crippen LogP contribution < -0.4 is 11.1 Å². The average molecular weight is 258 g/mol. The maximum Gasteiger partial charge on any atom is 0.303 e. The van der Waals surface area contributed by atoms with Crippen molar-refractivity contribution in [1.29, 1.82) is 0 Å². The quantitative estimate of drug-likeness (QED) is 0.615. The van der Waals surface area contributed by atoms with Gasteiger partial charge in [0.1, 0.15) is 0 Å². The van der Waals surface area contributed by atoms with Crippen molar-refractivity contribution < 1.29 is 14.7 Å². The van der Waals surface area contributed by atoms with Crippen molar-refractivity contribution in [3.05, 3.63) is 0 Å². The van der Waals surface area contributed by atoms with Gasteiger partial charge in [-0.15, -0.1) is 0 Å². The van der Waals surface area contributed by atoms with Gasteiger partial charge in [-0.05, 0) is 31.6 Å². The van der Waals surface area contributed by atoms with Gasteiger partial charge in [0.2, 0.25) is 5.91 Å². The van der Waals surface area contributed by atoms with Crippen molar-refractivity contribution in [2.75, 3.05) is 6.54 Å². The molecular weight excluding hydrogens is 232 g/mol. The summed E-state index contributed by atoms with van der Waals surface area (Å²) >= 11 is 0. The number of hydrogen-bond donors (Lipinski definition) is 3. The van der Waals surface area contributed by atoms with E-state index in [2.05, 4.69) is 5.32 Å². The molecule has 1 atom stereocenters. The van der Waals surface area contributed by atoms with Crippen LogP contribution in [0.5, 0.6) is 0 Å². The van der Waals surface area contributed by atoms with E-state index < -0.39 is 11.5 Å². The lowest BCUT2D eigenvalue weighted by Crippen LogP contribution is -2.51. The Labute approximate surface area is 109 Å². The van der Waals surface area contributed by atoms with Gasteiger partial charge in [-0.25, -0.2) is 0 Å². The molecule has 18 heavy (non-hydrogen) atoms. The third-order valence-electron chi connectivity index (χ3n) is 3.36. The lowest BCUT2D eigenvalue weighted by molar-refractivity contribution is -0.137. The first kappa shape index (κ1) is 16.9. The van der Waals surface area contributed by atoms with Crippen molar-refractivity contribution in [1.82, 2.24) is 5.32 Å². The lowest BCUT2D eigenvalue weighted by Gasteiger charge is -2.26. The van der Waals surface area contributed by atoms with Crippen LogP contribution >= 0.6 is 0 Å². The van der Waals surface area contributed by atoms with E-state index in [0.717, 1.165) is 6.42 Å². The van der Waals surface area contributed by atoms with Crippen molar-refractivity contribution in [2.45, 2.75) is 58.9 Å². The van der Waals surface area contributed by atoms with Crippen LogP contribution in [-0.2, 0) is 9.59 Å². The summed E-state index contributed by atoms with van der Waals surface area (Å²) in [4.78, 5) is 22.2. The maximum absolute atomic E-state index is 11.7. The molecular formula is C13H26N2O3. The Morgan fingerprint density at radius 2 is 1.78 bits per heavy atom. The first-order valence-electron chi connectivity index (χ1n) is 6.40. The molecule has 0 saturated heterocycles. The highest BCUT2D eigenvalue weighted by Gasteiger charge is 2.26. The second-order valence-corrected chi connectivity index (χ2v) is 5.83. The molecule has 0 spiro atoms. The van der Waals surface area contributed by atoms with Crippen LogP contribution in [0.25, 0.3) is 0 Å². The molecule has 0 aliphatic heterocycles. The monoisotopic (exact) mass is 258 g/mol. The van der Waals surface area contributed by atoms with Gasteiger partial charge in [-0.3, -0.25) is 9.59 Å². The number of hydrogen-bond acceptors (Lipinski definition) is 3. The van der Waals surface area contributed by atoms with E-state index in [9.17, 15) is 9.59 Å². The topological polar surface area (TPSA) is 92.4 Å². The van der Waals surface area contributed by atoms with Gasteiger partial charge >= 0.3 is 5.97 Å². The Hall–Kier alpha value is -1.10. The minimum atomic E-state index is -0.828. The number of nitrogens with two attached hydrogens (primary N) is 1. The van der Waals surface area contributed by atoms with Crippen LogP contribution in [-0.4, -0.2) is 29.1 Å². The van der Waals surface area contributed by atoms with Gasteiger partial charge in [0.25, 0.3) is 0 Å². The standard InChI is InChI=1S/C13H26N2O3/c1-5-13(4,14)11(18)15-9-8-12(2,3)7-6-10(16)17/h5-9,14H2,1-4H3,(H,15,18)(H,16,17). The van der Waals surface area contributed by atoms with Crippen molar-refractivity contribution in [2.24, 2.45) is 11.1 Å². The number of rotatable bonds is 8. The van der Waals surface area contributed by atoms with Crippen LogP contribution in [0.4, 0.5) is 0 Å². The molecule has 5 nitrogen and oxygen atoms in total. The van der Waals surface area contributed by atoms with Crippen LogP contribution in [0.3, 0.4) is 0 Å². The summed E-state index contributed by atoms with van der Waals surface area (Å²) in [6.45, 7) is 8.11. The minimum Gasteiger partial charge on any atom is -0.481 e. The van der Waals surface area contributed by atoms with E-state index in [1.807, 2.05) is 20.8 Å². The zero-order chi connectivity index (χ0) is 14.4. The predicted molar refractivity (Wildman–Crippen MR) is 71.2 cm³/mol. The molecule has 0 aromatic heterocycles. The highest BCUT2D eigenvalue weighted by atomic mass is 16.4. The molecule has 0 saturated carbocycles.